The van der Waals surface area contributed by atoms with Crippen LogP contribution in [0, 0.1) is 12.7 Å². The van der Waals surface area contributed by atoms with Crippen molar-refractivity contribution in [3.63, 3.8) is 0 Å². The van der Waals surface area contributed by atoms with Crippen LogP contribution < -0.4 is 5.32 Å². The lowest BCUT2D eigenvalue weighted by atomic mass is 10.2. The summed E-state index contributed by atoms with van der Waals surface area (Å²) in [5, 5.41) is 11.8. The highest BCUT2D eigenvalue weighted by Gasteiger charge is 2.10. The Balaban J connectivity index is 2.22. The number of aromatic nitrogens is 1. The van der Waals surface area contributed by atoms with Crippen LogP contribution in [0.25, 0.3) is 0 Å². The molecule has 0 bridgehead atoms. The summed E-state index contributed by atoms with van der Waals surface area (Å²) in [7, 11) is 0. The number of hydrogen-bond donors (Lipinski definition) is 2. The Morgan fingerprint density at radius 3 is 2.88 bits per heavy atom. The standard InChI is InChI=1S/C11H9FN2O2S/c1-6-2-3-8(7(12)4-6)14-11-13-5-9(17-11)10(15)16/h2-5H,1H3,(H,13,14)(H,15,16). The average Bonchev–Trinajstić information content (AvgIpc) is 2.71. The smallest absolute Gasteiger partial charge is 0.347 e. The fraction of sp³-hybridized carbons (Fsp3) is 0.0909. The van der Waals surface area contributed by atoms with E-state index in [1.807, 2.05) is 0 Å². The monoisotopic (exact) mass is 252 g/mol. The van der Waals surface area contributed by atoms with Gasteiger partial charge in [-0.3, -0.25) is 0 Å². The fourth-order valence-corrected chi connectivity index (χ4v) is 1.93. The second-order valence-corrected chi connectivity index (χ2v) is 4.47. The Kier molecular flexibility index (Phi) is 3.06. The Morgan fingerprint density at radius 2 is 2.29 bits per heavy atom. The molecule has 1 heterocycles. The number of carbonyl (C=O) groups is 1. The topological polar surface area (TPSA) is 62.2 Å². The molecule has 17 heavy (non-hydrogen) atoms. The highest BCUT2D eigenvalue weighted by molar-refractivity contribution is 7.17. The first-order valence-corrected chi connectivity index (χ1v) is 5.60. The summed E-state index contributed by atoms with van der Waals surface area (Å²) in [4.78, 5) is 14.6. The SMILES string of the molecule is Cc1ccc(Nc2ncc(C(=O)O)s2)c(F)c1. The fourth-order valence-electron chi connectivity index (χ4n) is 1.27. The zero-order valence-corrected chi connectivity index (χ0v) is 9.71. The van der Waals surface area contributed by atoms with E-state index >= 15 is 0 Å². The predicted molar refractivity (Wildman–Crippen MR) is 63.5 cm³/mol. The molecule has 88 valence electrons. The molecule has 4 nitrogen and oxygen atoms in total. The van der Waals surface area contributed by atoms with Gasteiger partial charge in [-0.1, -0.05) is 17.4 Å². The molecule has 2 N–H and O–H groups in total. The number of hydrogen-bond acceptors (Lipinski definition) is 4. The first-order chi connectivity index (χ1) is 8.06. The van der Waals surface area contributed by atoms with Crippen molar-refractivity contribution in [3.8, 4) is 0 Å². The number of carboxylic acid groups (broad SMARTS) is 1. The Morgan fingerprint density at radius 1 is 1.53 bits per heavy atom. The van der Waals surface area contributed by atoms with E-state index in [1.54, 1.807) is 19.1 Å². The van der Waals surface area contributed by atoms with Crippen molar-refractivity contribution < 1.29 is 14.3 Å². The van der Waals surface area contributed by atoms with Gasteiger partial charge in [0.1, 0.15) is 10.7 Å². The number of nitrogens with one attached hydrogen (secondary N) is 1. The average molecular weight is 252 g/mol. The number of rotatable bonds is 3. The van der Waals surface area contributed by atoms with Crippen molar-refractivity contribution in [1.29, 1.82) is 0 Å². The minimum Gasteiger partial charge on any atom is -0.477 e. The van der Waals surface area contributed by atoms with Crippen LogP contribution in [0.1, 0.15) is 15.2 Å². The van der Waals surface area contributed by atoms with Gasteiger partial charge < -0.3 is 10.4 Å². The Hall–Kier alpha value is -1.95. The molecule has 1 aromatic heterocycles. The highest BCUT2D eigenvalue weighted by Crippen LogP contribution is 2.24. The molecule has 1 aromatic carbocycles. The number of benzene rings is 1. The van der Waals surface area contributed by atoms with E-state index in [0.717, 1.165) is 16.9 Å². The summed E-state index contributed by atoms with van der Waals surface area (Å²) >= 11 is 0.960. The first-order valence-electron chi connectivity index (χ1n) is 4.78. The van der Waals surface area contributed by atoms with Gasteiger partial charge in [0, 0.05) is 0 Å². The lowest BCUT2D eigenvalue weighted by Crippen LogP contribution is -1.93. The van der Waals surface area contributed by atoms with Crippen molar-refractivity contribution in [2.45, 2.75) is 6.92 Å². The molecule has 2 aromatic rings. The first kappa shape index (κ1) is 11.5. The van der Waals surface area contributed by atoms with E-state index in [4.69, 9.17) is 5.11 Å². The molecular weight excluding hydrogens is 243 g/mol. The largest absolute Gasteiger partial charge is 0.477 e. The molecule has 2 rings (SSSR count). The normalized spacial score (nSPS) is 10.2. The van der Waals surface area contributed by atoms with E-state index in [9.17, 15) is 9.18 Å². The number of carboxylic acids is 1. The molecule has 0 saturated carbocycles. The zero-order valence-electron chi connectivity index (χ0n) is 8.90. The molecule has 0 saturated heterocycles. The summed E-state index contributed by atoms with van der Waals surface area (Å²) in [5.41, 5.74) is 1.10. The highest BCUT2D eigenvalue weighted by atomic mass is 32.1. The van der Waals surface area contributed by atoms with Crippen molar-refractivity contribution in [1.82, 2.24) is 4.98 Å². The van der Waals surface area contributed by atoms with Gasteiger partial charge in [-0.15, -0.1) is 0 Å². The molecule has 0 spiro atoms. The van der Waals surface area contributed by atoms with Gasteiger partial charge >= 0.3 is 5.97 Å². The molecular formula is C11H9FN2O2S. The van der Waals surface area contributed by atoms with Crippen LogP contribution in [0.3, 0.4) is 0 Å². The van der Waals surface area contributed by atoms with Crippen LogP contribution in [0.5, 0.6) is 0 Å². The van der Waals surface area contributed by atoms with E-state index in [2.05, 4.69) is 10.3 Å². The van der Waals surface area contributed by atoms with Crippen molar-refractivity contribution in [2.75, 3.05) is 5.32 Å². The molecule has 0 aliphatic carbocycles. The summed E-state index contributed by atoms with van der Waals surface area (Å²) in [5.74, 6) is -1.43. The minimum absolute atomic E-state index is 0.111. The quantitative estimate of drug-likeness (QED) is 0.881. The third kappa shape index (κ3) is 2.59. The maximum absolute atomic E-state index is 13.5. The summed E-state index contributed by atoms with van der Waals surface area (Å²) in [6.45, 7) is 1.79. The molecule has 6 heteroatoms. The third-order valence-corrected chi connectivity index (χ3v) is 2.98. The van der Waals surface area contributed by atoms with Crippen LogP contribution in [0.4, 0.5) is 15.2 Å². The van der Waals surface area contributed by atoms with Gasteiger partial charge in [0.2, 0.25) is 0 Å². The number of halogens is 1. The third-order valence-electron chi connectivity index (χ3n) is 2.08. The number of aromatic carboxylic acids is 1. The number of thiazole rings is 1. The maximum atomic E-state index is 13.5. The molecule has 0 fully saturated rings. The van der Waals surface area contributed by atoms with E-state index in [1.165, 1.54) is 12.3 Å². The van der Waals surface area contributed by atoms with Crippen LogP contribution in [0.15, 0.2) is 24.4 Å². The van der Waals surface area contributed by atoms with Crippen LogP contribution in [-0.2, 0) is 0 Å². The molecule has 0 atom stereocenters. The molecule has 0 amide bonds. The molecule has 0 aliphatic heterocycles. The van der Waals surface area contributed by atoms with Crippen LogP contribution in [0.2, 0.25) is 0 Å². The Labute approximate surface area is 101 Å². The van der Waals surface area contributed by atoms with Crippen molar-refractivity contribution in [2.24, 2.45) is 0 Å². The molecule has 0 aliphatic rings. The lowest BCUT2D eigenvalue weighted by molar-refractivity contribution is 0.0702. The summed E-state index contributed by atoms with van der Waals surface area (Å²) < 4.78 is 13.5. The van der Waals surface area contributed by atoms with Gasteiger partial charge in [0.25, 0.3) is 0 Å². The van der Waals surface area contributed by atoms with E-state index < -0.39 is 11.8 Å². The second kappa shape index (κ2) is 4.50. The van der Waals surface area contributed by atoms with E-state index in [-0.39, 0.29) is 10.6 Å². The van der Waals surface area contributed by atoms with Gasteiger partial charge in [-0.25, -0.2) is 14.2 Å². The number of nitrogens with zero attached hydrogens (tertiary/aromatic N) is 1. The Bertz CT molecular complexity index is 568. The zero-order chi connectivity index (χ0) is 12.4. The molecule has 0 radical (unpaired) electrons. The summed E-state index contributed by atoms with van der Waals surface area (Å²) in [6.07, 6.45) is 1.24. The maximum Gasteiger partial charge on any atom is 0.347 e. The van der Waals surface area contributed by atoms with Gasteiger partial charge in [0.05, 0.1) is 11.9 Å². The van der Waals surface area contributed by atoms with E-state index in [0.29, 0.717) is 5.13 Å². The van der Waals surface area contributed by atoms with Crippen molar-refractivity contribution >= 4 is 28.1 Å². The lowest BCUT2D eigenvalue weighted by Gasteiger charge is -2.04. The van der Waals surface area contributed by atoms with Gasteiger partial charge in [-0.2, -0.15) is 0 Å². The number of aryl methyl sites for hydroxylation is 1. The summed E-state index contributed by atoms with van der Waals surface area (Å²) in [6, 6.07) is 4.75. The van der Waals surface area contributed by atoms with Crippen LogP contribution >= 0.6 is 11.3 Å². The van der Waals surface area contributed by atoms with Gasteiger partial charge in [-0.05, 0) is 24.6 Å². The van der Waals surface area contributed by atoms with Crippen molar-refractivity contribution in [3.05, 3.63) is 40.7 Å². The minimum atomic E-state index is -1.04. The van der Waals surface area contributed by atoms with Gasteiger partial charge in [0.15, 0.2) is 5.13 Å². The predicted octanol–water partition coefficient (Wildman–Crippen LogP) is 3.03. The number of anilines is 2. The molecule has 0 unspecified atom stereocenters. The second-order valence-electron chi connectivity index (χ2n) is 3.44. The van der Waals surface area contributed by atoms with Crippen LogP contribution in [-0.4, -0.2) is 16.1 Å².